The predicted molar refractivity (Wildman–Crippen MR) is 60.2 cm³/mol. The van der Waals surface area contributed by atoms with E-state index in [0.717, 1.165) is 6.42 Å². The molecule has 5 heteroatoms. The van der Waals surface area contributed by atoms with E-state index in [-0.39, 0.29) is 17.7 Å². The fourth-order valence-corrected chi connectivity index (χ4v) is 1.73. The van der Waals surface area contributed by atoms with Gasteiger partial charge in [-0.3, -0.25) is 4.79 Å². The lowest BCUT2D eigenvalue weighted by Crippen LogP contribution is -2.10. The predicted octanol–water partition coefficient (Wildman–Crippen LogP) is 1.34. The Morgan fingerprint density at radius 2 is 1.94 bits per heavy atom. The summed E-state index contributed by atoms with van der Waals surface area (Å²) in [6.07, 6.45) is 1.29. The molecule has 0 aliphatic heterocycles. The van der Waals surface area contributed by atoms with Gasteiger partial charge in [0, 0.05) is 12.0 Å². The number of aliphatic hydroxyl groups excluding tert-OH is 1. The molecule has 0 aromatic carbocycles. The van der Waals surface area contributed by atoms with E-state index < -0.39 is 18.4 Å². The van der Waals surface area contributed by atoms with Crippen molar-refractivity contribution >= 4 is 11.8 Å². The number of aliphatic hydroxyl groups is 1. The molecule has 1 aromatic rings. The summed E-state index contributed by atoms with van der Waals surface area (Å²) >= 11 is 0. The molecule has 0 radical (unpaired) electrons. The molecular formula is C12H16O5. The molecule has 17 heavy (non-hydrogen) atoms. The van der Waals surface area contributed by atoms with Gasteiger partial charge in [0.05, 0.1) is 6.42 Å². The van der Waals surface area contributed by atoms with Crippen molar-refractivity contribution in [3.05, 3.63) is 22.6 Å². The molecule has 5 nitrogen and oxygen atoms in total. The van der Waals surface area contributed by atoms with Crippen molar-refractivity contribution in [1.29, 1.82) is 0 Å². The molecule has 0 aliphatic carbocycles. The molecule has 0 spiro atoms. The van der Waals surface area contributed by atoms with Crippen LogP contribution in [0.4, 0.5) is 0 Å². The third-order valence-corrected chi connectivity index (χ3v) is 2.54. The Kier molecular flexibility index (Phi) is 4.45. The number of carbonyl (C=O) groups excluding carboxylic acids is 1. The number of carbonyl (C=O) groups is 2. The summed E-state index contributed by atoms with van der Waals surface area (Å²) < 4.78 is 5.41. The zero-order valence-electron chi connectivity index (χ0n) is 9.95. The topological polar surface area (TPSA) is 87.7 Å². The highest BCUT2D eigenvalue weighted by Crippen LogP contribution is 2.24. The molecule has 1 aromatic heterocycles. The zero-order chi connectivity index (χ0) is 13.0. The number of Topliss-reactive ketones (excluding diaryl/α,β-unsaturated/α-hetero) is 1. The molecule has 1 heterocycles. The van der Waals surface area contributed by atoms with Crippen LogP contribution in [0.5, 0.6) is 0 Å². The average Bonchev–Trinajstić information content (AvgIpc) is 2.56. The number of carboxylic acid groups (broad SMARTS) is 1. The van der Waals surface area contributed by atoms with E-state index in [9.17, 15) is 9.59 Å². The van der Waals surface area contributed by atoms with Crippen LogP contribution in [-0.2, 0) is 17.6 Å². The summed E-state index contributed by atoms with van der Waals surface area (Å²) in [6.45, 7) is 3.02. The number of carboxylic acids is 1. The van der Waals surface area contributed by atoms with Crippen LogP contribution in [0.15, 0.2) is 4.42 Å². The average molecular weight is 240 g/mol. The SMILES string of the molecule is CCCc1oc(CC(=O)CO)c(C(=O)O)c1C. The summed E-state index contributed by atoms with van der Waals surface area (Å²) in [7, 11) is 0. The van der Waals surface area contributed by atoms with Crippen LogP contribution in [0.2, 0.25) is 0 Å². The molecule has 0 amide bonds. The highest BCUT2D eigenvalue weighted by Gasteiger charge is 2.23. The van der Waals surface area contributed by atoms with E-state index in [1.165, 1.54) is 0 Å². The van der Waals surface area contributed by atoms with E-state index in [0.29, 0.717) is 17.7 Å². The van der Waals surface area contributed by atoms with Crippen molar-refractivity contribution in [3.63, 3.8) is 0 Å². The van der Waals surface area contributed by atoms with Crippen LogP contribution in [0.25, 0.3) is 0 Å². The number of rotatable bonds is 6. The minimum atomic E-state index is -1.10. The van der Waals surface area contributed by atoms with Gasteiger partial charge in [0.25, 0.3) is 0 Å². The second-order valence-corrected chi connectivity index (χ2v) is 3.88. The Hall–Kier alpha value is -1.62. The first-order valence-corrected chi connectivity index (χ1v) is 5.48. The van der Waals surface area contributed by atoms with Gasteiger partial charge in [0.15, 0.2) is 5.78 Å². The molecule has 0 saturated carbocycles. The lowest BCUT2D eigenvalue weighted by atomic mass is 10.1. The third kappa shape index (κ3) is 2.94. The van der Waals surface area contributed by atoms with Crippen LogP contribution >= 0.6 is 0 Å². The standard InChI is InChI=1S/C12H16O5/c1-3-4-9-7(2)11(12(15)16)10(17-9)5-8(14)6-13/h13H,3-6H2,1-2H3,(H,15,16). The molecule has 0 aliphatic rings. The maximum atomic E-state index is 11.1. The molecule has 0 unspecified atom stereocenters. The molecular weight excluding hydrogens is 224 g/mol. The Bertz CT molecular complexity index is 430. The van der Waals surface area contributed by atoms with Crippen LogP contribution in [0.1, 0.15) is 40.8 Å². The van der Waals surface area contributed by atoms with Crippen molar-refractivity contribution in [2.45, 2.75) is 33.1 Å². The summed E-state index contributed by atoms with van der Waals surface area (Å²) in [5.74, 6) is -0.818. The monoisotopic (exact) mass is 240 g/mol. The molecule has 2 N–H and O–H groups in total. The first kappa shape index (κ1) is 13.4. The number of aromatic carboxylic acids is 1. The van der Waals surface area contributed by atoms with Crippen LogP contribution < -0.4 is 0 Å². The van der Waals surface area contributed by atoms with Gasteiger partial charge in [-0.05, 0) is 13.3 Å². The van der Waals surface area contributed by atoms with Crippen molar-refractivity contribution < 1.29 is 24.2 Å². The highest BCUT2D eigenvalue weighted by molar-refractivity contribution is 5.93. The number of hydrogen-bond acceptors (Lipinski definition) is 4. The van der Waals surface area contributed by atoms with Crippen molar-refractivity contribution in [3.8, 4) is 0 Å². The smallest absolute Gasteiger partial charge is 0.339 e. The van der Waals surface area contributed by atoms with E-state index in [1.54, 1.807) is 6.92 Å². The third-order valence-electron chi connectivity index (χ3n) is 2.54. The van der Waals surface area contributed by atoms with E-state index in [1.807, 2.05) is 6.92 Å². The summed E-state index contributed by atoms with van der Waals surface area (Å²) in [5.41, 5.74) is 0.621. The second kappa shape index (κ2) is 5.63. The normalized spacial score (nSPS) is 10.5. The van der Waals surface area contributed by atoms with Gasteiger partial charge >= 0.3 is 5.97 Å². The minimum absolute atomic E-state index is 0.0512. The summed E-state index contributed by atoms with van der Waals surface area (Å²) in [6, 6.07) is 0. The molecule has 0 bridgehead atoms. The number of hydrogen-bond donors (Lipinski definition) is 2. The van der Waals surface area contributed by atoms with Gasteiger partial charge in [-0.1, -0.05) is 6.92 Å². The molecule has 0 fully saturated rings. The molecule has 1 rings (SSSR count). The fourth-order valence-electron chi connectivity index (χ4n) is 1.73. The number of aryl methyl sites for hydroxylation is 1. The van der Waals surface area contributed by atoms with Gasteiger partial charge in [0.2, 0.25) is 0 Å². The quantitative estimate of drug-likeness (QED) is 0.783. The Labute approximate surface area is 99.1 Å². The van der Waals surface area contributed by atoms with E-state index in [4.69, 9.17) is 14.6 Å². The van der Waals surface area contributed by atoms with Crippen LogP contribution in [0, 0.1) is 6.92 Å². The zero-order valence-corrected chi connectivity index (χ0v) is 9.95. The van der Waals surface area contributed by atoms with Crippen molar-refractivity contribution in [2.75, 3.05) is 6.61 Å². The Morgan fingerprint density at radius 3 is 2.41 bits per heavy atom. The van der Waals surface area contributed by atoms with E-state index >= 15 is 0 Å². The lowest BCUT2D eigenvalue weighted by molar-refractivity contribution is -0.121. The largest absolute Gasteiger partial charge is 0.478 e. The Balaban J connectivity index is 3.14. The Morgan fingerprint density at radius 1 is 1.29 bits per heavy atom. The maximum absolute atomic E-state index is 11.1. The number of furan rings is 1. The fraction of sp³-hybridized carbons (Fsp3) is 0.500. The first-order valence-electron chi connectivity index (χ1n) is 5.48. The van der Waals surface area contributed by atoms with Crippen LogP contribution in [0.3, 0.4) is 0 Å². The van der Waals surface area contributed by atoms with Crippen LogP contribution in [-0.4, -0.2) is 28.6 Å². The highest BCUT2D eigenvalue weighted by atomic mass is 16.4. The summed E-state index contributed by atoms with van der Waals surface area (Å²) in [5, 5.41) is 17.7. The van der Waals surface area contributed by atoms with Gasteiger partial charge in [-0.2, -0.15) is 0 Å². The second-order valence-electron chi connectivity index (χ2n) is 3.88. The van der Waals surface area contributed by atoms with Crippen molar-refractivity contribution in [1.82, 2.24) is 0 Å². The van der Waals surface area contributed by atoms with E-state index in [2.05, 4.69) is 0 Å². The molecule has 0 saturated heterocycles. The van der Waals surface area contributed by atoms with Gasteiger partial charge in [-0.25, -0.2) is 4.79 Å². The van der Waals surface area contributed by atoms with Gasteiger partial charge in [-0.15, -0.1) is 0 Å². The first-order chi connectivity index (χ1) is 8.01. The minimum Gasteiger partial charge on any atom is -0.478 e. The number of ketones is 1. The lowest BCUT2D eigenvalue weighted by Gasteiger charge is -1.96. The van der Waals surface area contributed by atoms with Gasteiger partial charge < -0.3 is 14.6 Å². The van der Waals surface area contributed by atoms with Gasteiger partial charge in [0.1, 0.15) is 23.7 Å². The molecule has 0 atom stereocenters. The van der Waals surface area contributed by atoms with Crippen molar-refractivity contribution in [2.24, 2.45) is 0 Å². The molecule has 94 valence electrons. The summed E-state index contributed by atoms with van der Waals surface area (Å²) in [4.78, 5) is 22.2. The maximum Gasteiger partial charge on any atom is 0.339 e.